The van der Waals surface area contributed by atoms with Gasteiger partial charge in [-0.1, -0.05) is 32.0 Å². The summed E-state index contributed by atoms with van der Waals surface area (Å²) in [6.07, 6.45) is 4.93. The lowest BCUT2D eigenvalue weighted by Crippen LogP contribution is -2.45. The summed E-state index contributed by atoms with van der Waals surface area (Å²) in [5, 5.41) is 7.15. The Morgan fingerprint density at radius 2 is 1.97 bits per heavy atom. The highest BCUT2D eigenvalue weighted by Crippen LogP contribution is 2.12. The number of carbonyl (C=O) groups is 2. The van der Waals surface area contributed by atoms with Gasteiger partial charge in [0.25, 0.3) is 5.91 Å². The molecule has 1 aromatic carbocycles. The molecule has 3 aromatic rings. The molecule has 0 radical (unpaired) electrons. The zero-order valence-electron chi connectivity index (χ0n) is 16.8. The van der Waals surface area contributed by atoms with E-state index in [2.05, 4.69) is 15.4 Å². The Kier molecular flexibility index (Phi) is 6.43. The van der Waals surface area contributed by atoms with Gasteiger partial charge in [-0.2, -0.15) is 5.10 Å². The second-order valence-corrected chi connectivity index (χ2v) is 7.23. The molecule has 8 nitrogen and oxygen atoms in total. The molecule has 0 saturated heterocycles. The van der Waals surface area contributed by atoms with E-state index in [9.17, 15) is 9.59 Å². The van der Waals surface area contributed by atoms with Gasteiger partial charge in [-0.25, -0.2) is 14.5 Å². The smallest absolute Gasteiger partial charge is 0.330 e. The monoisotopic (exact) mass is 395 g/mol. The van der Waals surface area contributed by atoms with Crippen LogP contribution in [0.3, 0.4) is 0 Å². The Labute approximate surface area is 169 Å². The second kappa shape index (κ2) is 9.18. The van der Waals surface area contributed by atoms with Crippen molar-refractivity contribution in [2.75, 3.05) is 6.61 Å². The first kappa shape index (κ1) is 20.3. The lowest BCUT2D eigenvalue weighted by molar-refractivity contribution is -0.147. The van der Waals surface area contributed by atoms with E-state index in [4.69, 9.17) is 4.74 Å². The topological polar surface area (TPSA) is 91.0 Å². The summed E-state index contributed by atoms with van der Waals surface area (Å²) in [7, 11) is 0. The Hall–Kier alpha value is -3.42. The first-order chi connectivity index (χ1) is 13.9. The van der Waals surface area contributed by atoms with Crippen LogP contribution in [0.2, 0.25) is 0 Å². The van der Waals surface area contributed by atoms with Crippen molar-refractivity contribution in [1.29, 1.82) is 0 Å². The number of ether oxygens (including phenoxy) is 1. The van der Waals surface area contributed by atoms with E-state index in [1.807, 2.05) is 51.1 Å². The first-order valence-corrected chi connectivity index (χ1v) is 9.49. The molecular weight excluding hydrogens is 370 g/mol. The molecule has 0 unspecified atom stereocenters. The highest BCUT2D eigenvalue weighted by atomic mass is 16.5. The average Bonchev–Trinajstić information content (AvgIpc) is 3.35. The minimum atomic E-state index is -0.849. The van der Waals surface area contributed by atoms with Crippen LogP contribution in [0.15, 0.2) is 55.1 Å². The Morgan fingerprint density at radius 1 is 1.21 bits per heavy atom. The number of amides is 1. The fourth-order valence-corrected chi connectivity index (χ4v) is 2.78. The molecule has 2 aromatic heterocycles. The van der Waals surface area contributed by atoms with E-state index < -0.39 is 17.9 Å². The summed E-state index contributed by atoms with van der Waals surface area (Å²) in [6.45, 7) is 6.29. The van der Waals surface area contributed by atoms with Crippen molar-refractivity contribution >= 4 is 11.9 Å². The summed E-state index contributed by atoms with van der Waals surface area (Å²) >= 11 is 0. The number of hydrogen-bond donors (Lipinski definition) is 1. The van der Waals surface area contributed by atoms with E-state index in [0.717, 1.165) is 11.4 Å². The number of benzene rings is 1. The second-order valence-electron chi connectivity index (χ2n) is 7.23. The van der Waals surface area contributed by atoms with Crippen LogP contribution in [0.5, 0.6) is 0 Å². The predicted molar refractivity (Wildman–Crippen MR) is 108 cm³/mol. The Morgan fingerprint density at radius 3 is 2.62 bits per heavy atom. The standard InChI is InChI=1S/C21H25N5O3/c1-15(2)13-29-21(28)19(12-25-10-9-22-14-25)23-20(27)18-11-16(3)26(24-18)17-7-5-4-6-8-17/h4-11,14-15,19H,12-13H2,1-3H3,(H,23,27)/t19-/m0/s1. The minimum absolute atomic E-state index is 0.202. The van der Waals surface area contributed by atoms with Crippen molar-refractivity contribution < 1.29 is 14.3 Å². The summed E-state index contributed by atoms with van der Waals surface area (Å²) in [5.74, 6) is -0.720. The van der Waals surface area contributed by atoms with Crippen molar-refractivity contribution in [2.24, 2.45) is 5.92 Å². The molecular formula is C21H25N5O3. The minimum Gasteiger partial charge on any atom is -0.464 e. The van der Waals surface area contributed by atoms with Crippen LogP contribution >= 0.6 is 0 Å². The normalized spacial score (nSPS) is 12.0. The zero-order chi connectivity index (χ0) is 20.8. The number of nitrogens with one attached hydrogen (secondary N) is 1. The Bertz CT molecular complexity index is 948. The van der Waals surface area contributed by atoms with Crippen LogP contribution in [-0.2, 0) is 16.1 Å². The van der Waals surface area contributed by atoms with Gasteiger partial charge >= 0.3 is 5.97 Å². The van der Waals surface area contributed by atoms with Gasteiger partial charge in [0.15, 0.2) is 5.69 Å². The molecule has 0 fully saturated rings. The molecule has 1 amide bonds. The number of imidazole rings is 1. The van der Waals surface area contributed by atoms with Gasteiger partial charge in [-0.3, -0.25) is 4.79 Å². The van der Waals surface area contributed by atoms with Crippen molar-refractivity contribution in [1.82, 2.24) is 24.6 Å². The van der Waals surface area contributed by atoms with Crippen LogP contribution in [0.25, 0.3) is 5.69 Å². The number of aromatic nitrogens is 4. The molecule has 3 rings (SSSR count). The van der Waals surface area contributed by atoms with E-state index >= 15 is 0 Å². The van der Waals surface area contributed by atoms with Crippen molar-refractivity contribution in [2.45, 2.75) is 33.4 Å². The molecule has 0 saturated carbocycles. The molecule has 152 valence electrons. The summed E-state index contributed by atoms with van der Waals surface area (Å²) in [5.41, 5.74) is 1.91. The fraction of sp³-hybridized carbons (Fsp3) is 0.333. The maximum absolute atomic E-state index is 12.8. The van der Waals surface area contributed by atoms with E-state index in [0.29, 0.717) is 0 Å². The third-order valence-electron chi connectivity index (χ3n) is 4.22. The third-order valence-corrected chi connectivity index (χ3v) is 4.22. The van der Waals surface area contributed by atoms with Crippen LogP contribution in [0.4, 0.5) is 0 Å². The number of para-hydroxylation sites is 1. The van der Waals surface area contributed by atoms with Gasteiger partial charge in [-0.15, -0.1) is 0 Å². The molecule has 8 heteroatoms. The van der Waals surface area contributed by atoms with Crippen molar-refractivity contribution in [3.8, 4) is 5.69 Å². The number of rotatable bonds is 8. The van der Waals surface area contributed by atoms with Gasteiger partial charge in [0, 0.05) is 18.1 Å². The highest BCUT2D eigenvalue weighted by molar-refractivity contribution is 5.95. The van der Waals surface area contributed by atoms with Crippen LogP contribution in [0, 0.1) is 12.8 Å². The molecule has 0 aliphatic carbocycles. The molecule has 0 aliphatic heterocycles. The first-order valence-electron chi connectivity index (χ1n) is 9.49. The van der Waals surface area contributed by atoms with Gasteiger partial charge in [0.1, 0.15) is 6.04 Å². The van der Waals surface area contributed by atoms with Crippen molar-refractivity contribution in [3.05, 3.63) is 66.5 Å². The highest BCUT2D eigenvalue weighted by Gasteiger charge is 2.25. The van der Waals surface area contributed by atoms with E-state index in [-0.39, 0.29) is 24.8 Å². The summed E-state index contributed by atoms with van der Waals surface area (Å²) < 4.78 is 8.75. The molecule has 0 spiro atoms. The SMILES string of the molecule is Cc1cc(C(=O)N[C@@H](Cn2ccnc2)C(=O)OCC(C)C)nn1-c1ccccc1. The number of carbonyl (C=O) groups excluding carboxylic acids is 2. The molecule has 1 atom stereocenters. The lowest BCUT2D eigenvalue weighted by atomic mass is 10.2. The third kappa shape index (κ3) is 5.31. The Balaban J connectivity index is 1.76. The number of hydrogen-bond acceptors (Lipinski definition) is 5. The summed E-state index contributed by atoms with van der Waals surface area (Å²) in [4.78, 5) is 29.3. The zero-order valence-corrected chi connectivity index (χ0v) is 16.8. The molecule has 0 bridgehead atoms. The fourth-order valence-electron chi connectivity index (χ4n) is 2.78. The van der Waals surface area contributed by atoms with Gasteiger partial charge < -0.3 is 14.6 Å². The maximum Gasteiger partial charge on any atom is 0.330 e. The molecule has 29 heavy (non-hydrogen) atoms. The van der Waals surface area contributed by atoms with Gasteiger partial charge in [0.2, 0.25) is 0 Å². The number of aryl methyl sites for hydroxylation is 1. The average molecular weight is 395 g/mol. The van der Waals surface area contributed by atoms with Crippen LogP contribution < -0.4 is 5.32 Å². The predicted octanol–water partition coefficient (Wildman–Crippen LogP) is 2.38. The quantitative estimate of drug-likeness (QED) is 0.592. The lowest BCUT2D eigenvalue weighted by Gasteiger charge is -2.18. The largest absolute Gasteiger partial charge is 0.464 e. The van der Waals surface area contributed by atoms with Crippen molar-refractivity contribution in [3.63, 3.8) is 0 Å². The summed E-state index contributed by atoms with van der Waals surface area (Å²) in [6, 6.07) is 10.4. The number of esters is 1. The van der Waals surface area contributed by atoms with E-state index in [1.54, 1.807) is 34.0 Å². The van der Waals surface area contributed by atoms with Crippen LogP contribution in [-0.4, -0.2) is 43.9 Å². The van der Waals surface area contributed by atoms with E-state index in [1.165, 1.54) is 0 Å². The molecule has 0 aliphatic rings. The molecule has 2 heterocycles. The number of nitrogens with zero attached hydrogens (tertiary/aromatic N) is 4. The van der Waals surface area contributed by atoms with Crippen LogP contribution in [0.1, 0.15) is 30.0 Å². The molecule has 1 N–H and O–H groups in total. The van der Waals surface area contributed by atoms with Gasteiger partial charge in [0.05, 0.1) is 25.2 Å². The maximum atomic E-state index is 12.8. The van der Waals surface area contributed by atoms with Gasteiger partial charge in [-0.05, 0) is 31.0 Å².